The summed E-state index contributed by atoms with van der Waals surface area (Å²) >= 11 is 0. The minimum Gasteiger partial charge on any atom is -0.484 e. The maximum Gasteiger partial charge on any atom is 0.142 e. The first kappa shape index (κ1) is 13.2. The molecule has 1 aliphatic rings. The molecule has 0 bridgehead atoms. The van der Waals surface area contributed by atoms with Gasteiger partial charge in [0.25, 0.3) is 0 Å². The number of imidazole rings is 1. The molecule has 0 amide bonds. The van der Waals surface area contributed by atoms with Crippen molar-refractivity contribution in [1.29, 1.82) is 0 Å². The van der Waals surface area contributed by atoms with Crippen LogP contribution >= 0.6 is 0 Å². The van der Waals surface area contributed by atoms with E-state index in [1.54, 1.807) is 0 Å². The molecule has 1 aromatic heterocycles. The van der Waals surface area contributed by atoms with Crippen LogP contribution in [0.25, 0.3) is 0 Å². The first-order chi connectivity index (χ1) is 9.83. The largest absolute Gasteiger partial charge is 0.484 e. The highest BCUT2D eigenvalue weighted by atomic mass is 16.5. The molecule has 3 rings (SSSR count). The highest BCUT2D eigenvalue weighted by Crippen LogP contribution is 2.40. The van der Waals surface area contributed by atoms with Gasteiger partial charge in [-0.25, -0.2) is 4.98 Å². The van der Waals surface area contributed by atoms with Gasteiger partial charge in [0, 0.05) is 24.6 Å². The number of hydrogen-bond acceptors (Lipinski definition) is 3. The first-order valence-corrected chi connectivity index (χ1v) is 7.26. The van der Waals surface area contributed by atoms with E-state index in [1.807, 2.05) is 31.7 Å². The number of nitrogens with one attached hydrogen (secondary N) is 1. The number of fused-ring (bicyclic) bond motifs is 1. The van der Waals surface area contributed by atoms with Gasteiger partial charge in [-0.1, -0.05) is 25.1 Å². The Labute approximate surface area is 119 Å². The van der Waals surface area contributed by atoms with E-state index in [9.17, 15) is 0 Å². The third-order valence-corrected chi connectivity index (χ3v) is 3.90. The van der Waals surface area contributed by atoms with Gasteiger partial charge < -0.3 is 14.6 Å². The fraction of sp³-hybridized carbons (Fsp3) is 0.438. The predicted octanol–water partition coefficient (Wildman–Crippen LogP) is 3.08. The van der Waals surface area contributed by atoms with Gasteiger partial charge >= 0.3 is 0 Å². The lowest BCUT2D eigenvalue weighted by molar-refractivity contribution is 0.145. The Hall–Kier alpha value is -1.81. The number of aryl methyl sites for hydroxylation is 1. The van der Waals surface area contributed by atoms with Crippen molar-refractivity contribution >= 4 is 0 Å². The monoisotopic (exact) mass is 271 g/mol. The number of nitrogens with zero attached hydrogens (tertiary/aromatic N) is 2. The van der Waals surface area contributed by atoms with Gasteiger partial charge in [0.2, 0.25) is 0 Å². The summed E-state index contributed by atoms with van der Waals surface area (Å²) in [6, 6.07) is 8.60. The predicted molar refractivity (Wildman–Crippen MR) is 78.7 cm³/mol. The zero-order chi connectivity index (χ0) is 13.9. The lowest BCUT2D eigenvalue weighted by Crippen LogP contribution is -2.27. The summed E-state index contributed by atoms with van der Waals surface area (Å²) < 4.78 is 8.39. The molecular weight excluding hydrogens is 250 g/mol. The molecule has 0 saturated carbocycles. The molecule has 4 nitrogen and oxygen atoms in total. The van der Waals surface area contributed by atoms with Crippen LogP contribution in [0.1, 0.15) is 43.2 Å². The number of aromatic nitrogens is 2. The molecule has 2 heterocycles. The molecule has 0 radical (unpaired) electrons. The third kappa shape index (κ3) is 2.31. The van der Waals surface area contributed by atoms with E-state index in [0.717, 1.165) is 25.1 Å². The van der Waals surface area contributed by atoms with Crippen LogP contribution in [0.4, 0.5) is 0 Å². The number of rotatable bonds is 4. The van der Waals surface area contributed by atoms with Crippen molar-refractivity contribution in [2.75, 3.05) is 7.05 Å². The van der Waals surface area contributed by atoms with Gasteiger partial charge in [0.05, 0.1) is 18.2 Å². The molecule has 1 aliphatic heterocycles. The van der Waals surface area contributed by atoms with Crippen LogP contribution in [0.15, 0.2) is 36.8 Å². The maximum atomic E-state index is 6.19. The van der Waals surface area contributed by atoms with Crippen LogP contribution in [0, 0.1) is 0 Å². The fourth-order valence-electron chi connectivity index (χ4n) is 2.90. The summed E-state index contributed by atoms with van der Waals surface area (Å²) in [7, 11) is 2.01. The second kappa shape index (κ2) is 5.67. The molecule has 106 valence electrons. The van der Waals surface area contributed by atoms with E-state index in [-0.39, 0.29) is 6.10 Å². The summed E-state index contributed by atoms with van der Waals surface area (Å²) in [5.74, 6) is 0.979. The van der Waals surface area contributed by atoms with Crippen molar-refractivity contribution in [2.45, 2.75) is 38.5 Å². The Morgan fingerprint density at radius 2 is 2.25 bits per heavy atom. The normalized spacial score (nSPS) is 21.3. The summed E-state index contributed by atoms with van der Waals surface area (Å²) in [5, 5.41) is 3.39. The van der Waals surface area contributed by atoms with E-state index in [4.69, 9.17) is 4.74 Å². The second-order valence-corrected chi connectivity index (χ2v) is 5.23. The Morgan fingerprint density at radius 3 is 3.05 bits per heavy atom. The fourth-order valence-corrected chi connectivity index (χ4v) is 2.90. The SMILES string of the molecule is CCCn1cncc1C1CC(NC)c2ccccc2O1. The minimum atomic E-state index is 0.0661. The van der Waals surface area contributed by atoms with Crippen molar-refractivity contribution in [1.82, 2.24) is 14.9 Å². The zero-order valence-electron chi connectivity index (χ0n) is 12.0. The van der Waals surface area contributed by atoms with E-state index in [0.29, 0.717) is 6.04 Å². The van der Waals surface area contributed by atoms with Gasteiger partial charge in [-0.2, -0.15) is 0 Å². The number of ether oxygens (including phenoxy) is 1. The average Bonchev–Trinajstić information content (AvgIpc) is 2.95. The van der Waals surface area contributed by atoms with E-state index >= 15 is 0 Å². The summed E-state index contributed by atoms with van der Waals surface area (Å²) in [4.78, 5) is 4.29. The molecule has 1 aromatic carbocycles. The Kier molecular flexibility index (Phi) is 3.74. The Morgan fingerprint density at radius 1 is 1.40 bits per heavy atom. The van der Waals surface area contributed by atoms with Gasteiger partial charge in [-0.3, -0.25) is 0 Å². The summed E-state index contributed by atoms with van der Waals surface area (Å²) in [6.45, 7) is 3.16. The van der Waals surface area contributed by atoms with Crippen LogP contribution in [0.2, 0.25) is 0 Å². The molecule has 1 N–H and O–H groups in total. The van der Waals surface area contributed by atoms with Crippen LogP contribution in [0.3, 0.4) is 0 Å². The van der Waals surface area contributed by atoms with Crippen molar-refractivity contribution in [2.24, 2.45) is 0 Å². The minimum absolute atomic E-state index is 0.0661. The molecule has 0 saturated heterocycles. The van der Waals surface area contributed by atoms with Crippen molar-refractivity contribution in [3.05, 3.63) is 48.0 Å². The number of hydrogen-bond donors (Lipinski definition) is 1. The lowest BCUT2D eigenvalue weighted by atomic mass is 9.95. The van der Waals surface area contributed by atoms with Crippen LogP contribution < -0.4 is 10.1 Å². The highest BCUT2D eigenvalue weighted by molar-refractivity contribution is 5.38. The summed E-state index contributed by atoms with van der Waals surface area (Å²) in [6.07, 6.45) is 5.93. The maximum absolute atomic E-state index is 6.19. The first-order valence-electron chi connectivity index (χ1n) is 7.26. The van der Waals surface area contributed by atoms with E-state index in [1.165, 1.54) is 11.3 Å². The number of para-hydroxylation sites is 1. The van der Waals surface area contributed by atoms with Gasteiger partial charge in [0.1, 0.15) is 11.9 Å². The molecular formula is C16H21N3O. The molecule has 20 heavy (non-hydrogen) atoms. The number of benzene rings is 1. The Balaban J connectivity index is 1.92. The Bertz CT molecular complexity index is 579. The quantitative estimate of drug-likeness (QED) is 0.929. The molecule has 0 fully saturated rings. The molecule has 0 aliphatic carbocycles. The van der Waals surface area contributed by atoms with Crippen molar-refractivity contribution < 1.29 is 4.74 Å². The lowest BCUT2D eigenvalue weighted by Gasteiger charge is -2.32. The topological polar surface area (TPSA) is 39.1 Å². The molecule has 4 heteroatoms. The van der Waals surface area contributed by atoms with Crippen molar-refractivity contribution in [3.8, 4) is 5.75 Å². The van der Waals surface area contributed by atoms with Crippen LogP contribution in [-0.4, -0.2) is 16.6 Å². The molecule has 0 spiro atoms. The smallest absolute Gasteiger partial charge is 0.142 e. The third-order valence-electron chi connectivity index (χ3n) is 3.90. The van der Waals surface area contributed by atoms with E-state index in [2.05, 4.69) is 33.9 Å². The molecule has 2 atom stereocenters. The average molecular weight is 271 g/mol. The molecule has 2 aromatic rings. The van der Waals surface area contributed by atoms with Crippen LogP contribution in [-0.2, 0) is 6.54 Å². The van der Waals surface area contributed by atoms with Gasteiger partial charge in [0.15, 0.2) is 0 Å². The zero-order valence-corrected chi connectivity index (χ0v) is 12.0. The standard InChI is InChI=1S/C16H21N3O/c1-3-8-19-11-18-10-14(19)16-9-13(17-2)12-6-4-5-7-15(12)20-16/h4-7,10-11,13,16-17H,3,8-9H2,1-2H3. The van der Waals surface area contributed by atoms with E-state index < -0.39 is 0 Å². The summed E-state index contributed by atoms with van der Waals surface area (Å²) in [5.41, 5.74) is 2.41. The van der Waals surface area contributed by atoms with Crippen LogP contribution in [0.5, 0.6) is 5.75 Å². The molecule has 2 unspecified atom stereocenters. The van der Waals surface area contributed by atoms with Gasteiger partial charge in [-0.15, -0.1) is 0 Å². The van der Waals surface area contributed by atoms with Gasteiger partial charge in [-0.05, 0) is 19.5 Å². The van der Waals surface area contributed by atoms with Crippen molar-refractivity contribution in [3.63, 3.8) is 0 Å². The second-order valence-electron chi connectivity index (χ2n) is 5.23. The highest BCUT2D eigenvalue weighted by Gasteiger charge is 2.29.